The molecule has 1 fully saturated rings. The Bertz CT molecular complexity index is 542. The van der Waals surface area contributed by atoms with Crippen molar-refractivity contribution in [3.63, 3.8) is 0 Å². The molecule has 0 N–H and O–H groups in total. The minimum Gasteiger partial charge on any atom is -0.463 e. The third-order valence-electron chi connectivity index (χ3n) is 3.35. The summed E-state index contributed by atoms with van der Waals surface area (Å²) in [6, 6.07) is 0. The van der Waals surface area contributed by atoms with E-state index in [9.17, 15) is 24.0 Å². The molecular weight excluding hydrogens is 320 g/mol. The number of hydrogen-bond donors (Lipinski definition) is 0. The minimum absolute atomic E-state index is 0.131. The van der Waals surface area contributed by atoms with Crippen LogP contribution in [0.5, 0.6) is 0 Å². The Morgan fingerprint density at radius 1 is 1.04 bits per heavy atom. The summed E-state index contributed by atoms with van der Waals surface area (Å²) in [6.45, 7) is 2.72. The Kier molecular flexibility index (Phi) is 7.81. The maximum Gasteiger partial charge on any atom is 0.363 e. The molecule has 1 saturated carbocycles. The molecule has 0 saturated heterocycles. The fourth-order valence-electron chi connectivity index (χ4n) is 2.32. The van der Waals surface area contributed by atoms with Gasteiger partial charge in [-0.2, -0.15) is 0 Å². The van der Waals surface area contributed by atoms with Crippen LogP contribution in [0.1, 0.15) is 39.5 Å². The highest BCUT2D eigenvalue weighted by molar-refractivity contribution is 6.07. The highest BCUT2D eigenvalue weighted by atomic mass is 16.6. The van der Waals surface area contributed by atoms with Gasteiger partial charge in [-0.15, -0.1) is 0 Å². The number of ketones is 1. The van der Waals surface area contributed by atoms with Gasteiger partial charge in [0, 0.05) is 25.0 Å². The summed E-state index contributed by atoms with van der Waals surface area (Å²) in [5.74, 6) is -5.02. The van der Waals surface area contributed by atoms with Gasteiger partial charge in [0.2, 0.25) is 0 Å². The van der Waals surface area contributed by atoms with Crippen LogP contribution in [-0.4, -0.2) is 42.4 Å². The summed E-state index contributed by atoms with van der Waals surface area (Å²) in [7, 11) is 0. The molecule has 0 aromatic heterocycles. The maximum absolute atomic E-state index is 12.3. The van der Waals surface area contributed by atoms with Crippen LogP contribution in [0.15, 0.2) is 12.2 Å². The molecule has 132 valence electrons. The van der Waals surface area contributed by atoms with Gasteiger partial charge in [-0.05, 0) is 19.8 Å². The molecule has 0 heterocycles. The average molecular weight is 340 g/mol. The zero-order valence-electron chi connectivity index (χ0n) is 13.6. The number of rotatable bonds is 7. The molecule has 0 bridgehead atoms. The van der Waals surface area contributed by atoms with Gasteiger partial charge in [-0.1, -0.05) is 12.8 Å². The first-order valence-corrected chi connectivity index (χ1v) is 7.66. The van der Waals surface area contributed by atoms with Crippen molar-refractivity contribution in [2.45, 2.75) is 45.6 Å². The van der Waals surface area contributed by atoms with E-state index in [1.165, 1.54) is 0 Å². The standard InChI is InChI=1S/C16H20O8/c1-3-22-12(18)8-9-13(19)24-15(16(21)23-10(2)17)14(20)11-6-4-5-7-11/h8-9,11,15H,3-7H2,1-2H3. The van der Waals surface area contributed by atoms with Gasteiger partial charge in [0.1, 0.15) is 0 Å². The van der Waals surface area contributed by atoms with Crippen molar-refractivity contribution in [1.29, 1.82) is 0 Å². The molecule has 0 amide bonds. The number of ether oxygens (including phenoxy) is 3. The number of carbonyl (C=O) groups is 5. The Labute approximate surface area is 139 Å². The molecule has 0 aliphatic heterocycles. The van der Waals surface area contributed by atoms with Crippen molar-refractivity contribution in [3.05, 3.63) is 12.2 Å². The fraction of sp³-hybridized carbons (Fsp3) is 0.562. The second-order valence-electron chi connectivity index (χ2n) is 5.20. The van der Waals surface area contributed by atoms with Crippen LogP contribution in [0.4, 0.5) is 0 Å². The van der Waals surface area contributed by atoms with E-state index in [0.29, 0.717) is 12.8 Å². The van der Waals surface area contributed by atoms with Crippen molar-refractivity contribution >= 4 is 29.7 Å². The summed E-state index contributed by atoms with van der Waals surface area (Å²) in [6.07, 6.45) is 2.57. The Hall–Kier alpha value is -2.51. The van der Waals surface area contributed by atoms with E-state index in [1.54, 1.807) is 6.92 Å². The minimum atomic E-state index is -1.82. The Balaban J connectivity index is 2.78. The van der Waals surface area contributed by atoms with Crippen molar-refractivity contribution in [3.8, 4) is 0 Å². The lowest BCUT2D eigenvalue weighted by Crippen LogP contribution is -2.40. The topological polar surface area (TPSA) is 113 Å². The largest absolute Gasteiger partial charge is 0.463 e. The van der Waals surface area contributed by atoms with Crippen LogP contribution < -0.4 is 0 Å². The van der Waals surface area contributed by atoms with Crippen molar-refractivity contribution in [2.75, 3.05) is 6.61 Å². The molecule has 1 atom stereocenters. The quantitative estimate of drug-likeness (QED) is 0.290. The van der Waals surface area contributed by atoms with Gasteiger partial charge >= 0.3 is 23.9 Å². The van der Waals surface area contributed by atoms with Gasteiger partial charge in [0.05, 0.1) is 6.61 Å². The zero-order valence-corrected chi connectivity index (χ0v) is 13.6. The van der Waals surface area contributed by atoms with Gasteiger partial charge in [-0.3, -0.25) is 9.59 Å². The van der Waals surface area contributed by atoms with Crippen LogP contribution in [0, 0.1) is 5.92 Å². The normalized spacial score (nSPS) is 15.8. The van der Waals surface area contributed by atoms with Crippen molar-refractivity contribution < 1.29 is 38.2 Å². The highest BCUT2D eigenvalue weighted by Gasteiger charge is 2.38. The number of hydrogen-bond acceptors (Lipinski definition) is 8. The van der Waals surface area contributed by atoms with E-state index in [0.717, 1.165) is 31.9 Å². The van der Waals surface area contributed by atoms with Crippen molar-refractivity contribution in [1.82, 2.24) is 0 Å². The van der Waals surface area contributed by atoms with Crippen molar-refractivity contribution in [2.24, 2.45) is 5.92 Å². The molecule has 0 aromatic carbocycles. The maximum atomic E-state index is 12.3. The average Bonchev–Trinajstić information content (AvgIpc) is 3.03. The second-order valence-corrected chi connectivity index (χ2v) is 5.20. The lowest BCUT2D eigenvalue weighted by atomic mass is 9.98. The molecule has 0 spiro atoms. The van der Waals surface area contributed by atoms with Crippen LogP contribution >= 0.6 is 0 Å². The molecule has 1 rings (SSSR count). The number of esters is 4. The third kappa shape index (κ3) is 6.31. The zero-order chi connectivity index (χ0) is 18.1. The first-order chi connectivity index (χ1) is 11.3. The molecule has 1 aliphatic rings. The van der Waals surface area contributed by atoms with Crippen LogP contribution in [-0.2, 0) is 38.2 Å². The summed E-state index contributed by atoms with van der Waals surface area (Å²) < 4.78 is 13.8. The van der Waals surface area contributed by atoms with E-state index in [4.69, 9.17) is 4.74 Å². The molecule has 8 nitrogen and oxygen atoms in total. The number of carbonyl (C=O) groups excluding carboxylic acids is 5. The predicted octanol–water partition coefficient (Wildman–Crippen LogP) is 0.866. The first-order valence-electron chi connectivity index (χ1n) is 7.66. The molecule has 0 aromatic rings. The van der Waals surface area contributed by atoms with E-state index >= 15 is 0 Å². The van der Waals surface area contributed by atoms with Gasteiger partial charge in [0.15, 0.2) is 5.78 Å². The first kappa shape index (κ1) is 19.5. The smallest absolute Gasteiger partial charge is 0.363 e. The highest BCUT2D eigenvalue weighted by Crippen LogP contribution is 2.27. The Morgan fingerprint density at radius 3 is 2.17 bits per heavy atom. The molecule has 1 unspecified atom stereocenters. The van der Waals surface area contributed by atoms with E-state index < -0.39 is 41.7 Å². The van der Waals surface area contributed by atoms with E-state index in [1.807, 2.05) is 0 Å². The SMILES string of the molecule is CCOC(=O)C=CC(=O)OC(C(=O)OC(C)=O)C(=O)C1CCCC1. The molecular formula is C16H20O8. The third-order valence-corrected chi connectivity index (χ3v) is 3.35. The second kappa shape index (κ2) is 9.59. The summed E-state index contributed by atoms with van der Waals surface area (Å²) in [4.78, 5) is 58.0. The Morgan fingerprint density at radius 2 is 1.62 bits per heavy atom. The lowest BCUT2D eigenvalue weighted by Gasteiger charge is -2.17. The van der Waals surface area contributed by atoms with Gasteiger partial charge in [-0.25, -0.2) is 14.4 Å². The summed E-state index contributed by atoms with van der Waals surface area (Å²) in [5, 5.41) is 0. The number of Topliss-reactive ketones (excluding diaryl/α,β-unsaturated/α-hetero) is 1. The lowest BCUT2D eigenvalue weighted by molar-refractivity contribution is -0.174. The van der Waals surface area contributed by atoms with Gasteiger partial charge < -0.3 is 14.2 Å². The monoisotopic (exact) mass is 340 g/mol. The van der Waals surface area contributed by atoms with Crippen LogP contribution in [0.3, 0.4) is 0 Å². The molecule has 8 heteroatoms. The summed E-state index contributed by atoms with van der Waals surface area (Å²) >= 11 is 0. The fourth-order valence-corrected chi connectivity index (χ4v) is 2.32. The molecule has 0 radical (unpaired) electrons. The van der Waals surface area contributed by atoms with Crippen LogP contribution in [0.25, 0.3) is 0 Å². The predicted molar refractivity (Wildman–Crippen MR) is 79.4 cm³/mol. The van der Waals surface area contributed by atoms with E-state index in [-0.39, 0.29) is 6.61 Å². The van der Waals surface area contributed by atoms with E-state index in [2.05, 4.69) is 9.47 Å². The van der Waals surface area contributed by atoms with Crippen LogP contribution in [0.2, 0.25) is 0 Å². The summed E-state index contributed by atoms with van der Waals surface area (Å²) in [5.41, 5.74) is 0. The van der Waals surface area contributed by atoms with Gasteiger partial charge in [0.25, 0.3) is 6.10 Å². The molecule has 1 aliphatic carbocycles. The molecule has 24 heavy (non-hydrogen) atoms.